The van der Waals surface area contributed by atoms with Crippen molar-refractivity contribution < 1.29 is 49.0 Å². The summed E-state index contributed by atoms with van der Waals surface area (Å²) in [6.45, 7) is 0.322. The second kappa shape index (κ2) is 9.59. The first-order chi connectivity index (χ1) is 16.1. The fourth-order valence-corrected chi connectivity index (χ4v) is 3.82. The van der Waals surface area contributed by atoms with Crippen LogP contribution in [0, 0.1) is 0 Å². The summed E-state index contributed by atoms with van der Waals surface area (Å²) in [5.41, 5.74) is -4.70. The van der Waals surface area contributed by atoms with Crippen molar-refractivity contribution in [3.8, 4) is 5.75 Å². The number of carbonyl (C=O) groups is 1. The number of methoxy groups -OCH3 is 1. The zero-order chi connectivity index (χ0) is 26.2. The van der Waals surface area contributed by atoms with Crippen LogP contribution in [-0.2, 0) is 24.9 Å². The standard InChI is InChI=1S/C22H19F9N2O2/c1-35-18-7-12(2-3-17(18)22(29,30)31)6-16-11-32-4-5-33(16)19(34)13-8-14(20(23,24)25)10-15(9-13)21(26,27)28/h2-3,7-10,16,32H,4-6,11H2,1H3/t16-/m1/s1. The van der Waals surface area contributed by atoms with Crippen LogP contribution in [0.3, 0.4) is 0 Å². The summed E-state index contributed by atoms with van der Waals surface area (Å²) >= 11 is 0. The van der Waals surface area contributed by atoms with Crippen LogP contribution in [0.15, 0.2) is 36.4 Å². The van der Waals surface area contributed by atoms with E-state index in [4.69, 9.17) is 4.74 Å². The van der Waals surface area contributed by atoms with Crippen molar-refractivity contribution >= 4 is 5.91 Å². The second-order valence-corrected chi connectivity index (χ2v) is 7.89. The summed E-state index contributed by atoms with van der Waals surface area (Å²) in [4.78, 5) is 14.2. The van der Waals surface area contributed by atoms with E-state index in [1.165, 1.54) is 6.07 Å². The summed E-state index contributed by atoms with van der Waals surface area (Å²) in [6, 6.07) is 3.01. The molecule has 0 aliphatic carbocycles. The van der Waals surface area contributed by atoms with Gasteiger partial charge < -0.3 is 15.0 Å². The number of amides is 1. The number of hydrogen-bond acceptors (Lipinski definition) is 3. The van der Waals surface area contributed by atoms with E-state index < -0.39 is 58.5 Å². The van der Waals surface area contributed by atoms with Gasteiger partial charge in [0.25, 0.3) is 5.91 Å². The van der Waals surface area contributed by atoms with Crippen LogP contribution >= 0.6 is 0 Å². The summed E-state index contributed by atoms with van der Waals surface area (Å²) in [7, 11) is 1.05. The fourth-order valence-electron chi connectivity index (χ4n) is 3.82. The molecule has 1 amide bonds. The van der Waals surface area contributed by atoms with Gasteiger partial charge in [0, 0.05) is 31.2 Å². The maximum atomic E-state index is 13.2. The second-order valence-electron chi connectivity index (χ2n) is 7.89. The molecule has 13 heteroatoms. The van der Waals surface area contributed by atoms with Gasteiger partial charge in [0.15, 0.2) is 0 Å². The first kappa shape index (κ1) is 26.6. The molecule has 1 heterocycles. The van der Waals surface area contributed by atoms with Crippen molar-refractivity contribution in [3.63, 3.8) is 0 Å². The van der Waals surface area contributed by atoms with Crippen molar-refractivity contribution in [3.05, 3.63) is 64.2 Å². The molecular weight excluding hydrogens is 495 g/mol. The molecule has 1 atom stereocenters. The number of benzene rings is 2. The average Bonchev–Trinajstić information content (AvgIpc) is 2.76. The van der Waals surface area contributed by atoms with Crippen LogP contribution in [0.4, 0.5) is 39.5 Å². The minimum Gasteiger partial charge on any atom is -0.496 e. The van der Waals surface area contributed by atoms with Crippen molar-refractivity contribution in [2.24, 2.45) is 0 Å². The van der Waals surface area contributed by atoms with Gasteiger partial charge in [-0.15, -0.1) is 0 Å². The van der Waals surface area contributed by atoms with Crippen molar-refractivity contribution in [2.45, 2.75) is 31.0 Å². The van der Waals surface area contributed by atoms with E-state index in [1.807, 2.05) is 0 Å². The van der Waals surface area contributed by atoms with Crippen LogP contribution in [0.5, 0.6) is 5.75 Å². The van der Waals surface area contributed by atoms with Crippen LogP contribution in [0.1, 0.15) is 32.6 Å². The van der Waals surface area contributed by atoms with Crippen molar-refractivity contribution in [2.75, 3.05) is 26.7 Å². The summed E-state index contributed by atoms with van der Waals surface area (Å²) in [6.07, 6.45) is -14.9. The van der Waals surface area contributed by atoms with Gasteiger partial charge in [0.05, 0.1) is 23.8 Å². The summed E-state index contributed by atoms with van der Waals surface area (Å²) in [5.74, 6) is -1.50. The lowest BCUT2D eigenvalue weighted by molar-refractivity contribution is -0.143. The Morgan fingerprint density at radius 3 is 2.06 bits per heavy atom. The Morgan fingerprint density at radius 2 is 1.54 bits per heavy atom. The van der Waals surface area contributed by atoms with Gasteiger partial charge in [-0.2, -0.15) is 39.5 Å². The Morgan fingerprint density at radius 1 is 0.943 bits per heavy atom. The van der Waals surface area contributed by atoms with Crippen molar-refractivity contribution in [1.29, 1.82) is 0 Å². The summed E-state index contributed by atoms with van der Waals surface area (Å²) < 4.78 is 123. The molecule has 0 unspecified atom stereocenters. The van der Waals surface area contributed by atoms with Gasteiger partial charge in [-0.1, -0.05) is 6.07 Å². The lowest BCUT2D eigenvalue weighted by Gasteiger charge is -2.36. The molecule has 2 aromatic carbocycles. The van der Waals surface area contributed by atoms with E-state index in [1.54, 1.807) is 0 Å². The smallest absolute Gasteiger partial charge is 0.419 e. The molecule has 0 radical (unpaired) electrons. The molecular formula is C22H19F9N2O2. The highest BCUT2D eigenvalue weighted by Crippen LogP contribution is 2.38. The van der Waals surface area contributed by atoms with Crippen LogP contribution in [0.2, 0.25) is 0 Å². The largest absolute Gasteiger partial charge is 0.496 e. The zero-order valence-corrected chi connectivity index (χ0v) is 18.0. The molecule has 0 aromatic heterocycles. The maximum absolute atomic E-state index is 13.2. The molecule has 0 spiro atoms. The number of nitrogens with one attached hydrogen (secondary N) is 1. The minimum absolute atomic E-state index is 0.0155. The van der Waals surface area contributed by atoms with Gasteiger partial charge in [0.1, 0.15) is 5.75 Å². The molecule has 3 rings (SSSR count). The Bertz CT molecular complexity index is 1050. The number of piperazine rings is 1. The number of rotatable bonds is 4. The average molecular weight is 514 g/mol. The zero-order valence-electron chi connectivity index (χ0n) is 18.0. The Hall–Kier alpha value is -2.96. The van der Waals surface area contributed by atoms with E-state index in [-0.39, 0.29) is 32.1 Å². The van der Waals surface area contributed by atoms with Crippen LogP contribution in [-0.4, -0.2) is 43.6 Å². The third kappa shape index (κ3) is 6.19. The lowest BCUT2D eigenvalue weighted by atomic mass is 9.98. The number of carbonyl (C=O) groups excluding carboxylic acids is 1. The normalized spacial score (nSPS) is 17.4. The lowest BCUT2D eigenvalue weighted by Crippen LogP contribution is -2.54. The van der Waals surface area contributed by atoms with Gasteiger partial charge in [0.2, 0.25) is 0 Å². The molecule has 1 aliphatic heterocycles. The molecule has 1 aliphatic rings. The highest BCUT2D eigenvalue weighted by atomic mass is 19.4. The number of ether oxygens (including phenoxy) is 1. The molecule has 4 nitrogen and oxygen atoms in total. The topological polar surface area (TPSA) is 41.6 Å². The molecule has 0 saturated carbocycles. The van der Waals surface area contributed by atoms with E-state index in [9.17, 15) is 44.3 Å². The molecule has 1 N–H and O–H groups in total. The Balaban J connectivity index is 1.94. The Kier molecular flexibility index (Phi) is 7.30. The van der Waals surface area contributed by atoms with Gasteiger partial charge >= 0.3 is 18.5 Å². The molecule has 35 heavy (non-hydrogen) atoms. The monoisotopic (exact) mass is 514 g/mol. The Labute approximate surface area is 193 Å². The molecule has 1 saturated heterocycles. The molecule has 0 bridgehead atoms. The number of nitrogens with zero attached hydrogens (tertiary/aromatic N) is 1. The van der Waals surface area contributed by atoms with E-state index in [0.717, 1.165) is 24.1 Å². The third-order valence-corrected chi connectivity index (χ3v) is 5.49. The molecule has 1 fully saturated rings. The first-order valence-electron chi connectivity index (χ1n) is 10.2. The van der Waals surface area contributed by atoms with Crippen molar-refractivity contribution in [1.82, 2.24) is 10.2 Å². The first-order valence-corrected chi connectivity index (χ1v) is 10.2. The highest BCUT2D eigenvalue weighted by molar-refractivity contribution is 5.95. The SMILES string of the molecule is COc1cc(C[C@@H]2CNCCN2C(=O)c2cc(C(F)(F)F)cc(C(F)(F)F)c2)ccc1C(F)(F)F. The molecule has 192 valence electrons. The minimum atomic E-state index is -5.12. The highest BCUT2D eigenvalue weighted by Gasteiger charge is 2.39. The van der Waals surface area contributed by atoms with Gasteiger partial charge in [-0.05, 0) is 42.3 Å². The predicted octanol–water partition coefficient (Wildman–Crippen LogP) is 5.41. The van der Waals surface area contributed by atoms with Gasteiger partial charge in [-0.3, -0.25) is 4.79 Å². The third-order valence-electron chi connectivity index (χ3n) is 5.49. The van der Waals surface area contributed by atoms with E-state index in [2.05, 4.69) is 5.32 Å². The maximum Gasteiger partial charge on any atom is 0.419 e. The predicted molar refractivity (Wildman–Crippen MR) is 106 cm³/mol. The number of halogens is 9. The van der Waals surface area contributed by atoms with Crippen LogP contribution in [0.25, 0.3) is 0 Å². The van der Waals surface area contributed by atoms with E-state index in [0.29, 0.717) is 17.7 Å². The van der Waals surface area contributed by atoms with Gasteiger partial charge in [-0.25, -0.2) is 0 Å². The number of alkyl halides is 9. The van der Waals surface area contributed by atoms with Crippen LogP contribution < -0.4 is 10.1 Å². The quantitative estimate of drug-likeness (QED) is 0.556. The summed E-state index contributed by atoms with van der Waals surface area (Å²) in [5, 5.41) is 2.96. The number of hydrogen-bond donors (Lipinski definition) is 1. The fraction of sp³-hybridized carbons (Fsp3) is 0.409. The van der Waals surface area contributed by atoms with E-state index >= 15 is 0 Å². The molecule has 2 aromatic rings.